The lowest BCUT2D eigenvalue weighted by atomic mass is 9.96. The van der Waals surface area contributed by atoms with Crippen LogP contribution in [-0.2, 0) is 47.7 Å². The van der Waals surface area contributed by atoms with E-state index < -0.39 is 188 Å². The minimum absolute atomic E-state index is 0.0229. The summed E-state index contributed by atoms with van der Waals surface area (Å²) >= 11 is -0.0229. The average Bonchev–Trinajstić information content (AvgIpc) is 3.81. The Labute approximate surface area is 403 Å². The van der Waals surface area contributed by atoms with E-state index in [0.717, 1.165) is 30.0 Å². The van der Waals surface area contributed by atoms with Crippen LogP contribution >= 0.6 is 12.3 Å². The van der Waals surface area contributed by atoms with Gasteiger partial charge in [0.15, 0.2) is 11.5 Å². The van der Waals surface area contributed by atoms with Gasteiger partial charge in [0.05, 0.1) is 36.9 Å². The predicted octanol–water partition coefficient (Wildman–Crippen LogP) is -5.84. The minimum Gasteiger partial charge on any atom is -0.504 e. The number of alkyl carbamates (subject to hydrolysis) is 1. The number of hydrogen-bond acceptors (Lipinski definition) is 22. The molecule has 29 nitrogen and oxygen atoms in total. The first kappa shape index (κ1) is 56.9. The number of phenols is 1. The number of fused-ring (bicyclic) bond motifs is 2. The fourth-order valence-electron chi connectivity index (χ4n) is 7.89. The molecule has 7 unspecified atom stereocenters. The van der Waals surface area contributed by atoms with Crippen molar-refractivity contribution in [2.75, 3.05) is 19.6 Å². The standard InChI is InChI=1S/C40H60N8O21S/c1-15-13-48-29(30(15)55)36(61)42-12-18(50)9-20(43-39(64)66-40(3,4)5)33(58)44-26(16(2)49)37(62)47-14-19(51)10-21(47)34(59)46-28(35(60)45-27(38(48)63)23(53)11-25(41)54)32(57)31(56)17-6-7-22(52)24(8-17)67-70-69-68-65/h6-8,15-16,18-21,23,26-32,49-53,55-57,65H,9-14H2,1-5H3,(H2,41,54)(H,42,61)(H,43,64)(H,44,58)(H,45,60)(H,46,59)/t15?,16?,18-,19?,20-,21?,23+,26?,27-,28?,29?,30-,31-,32-/m0/s1. The highest BCUT2D eigenvalue weighted by atomic mass is 32.2. The molecular weight excluding hydrogens is 961 g/mol. The summed E-state index contributed by atoms with van der Waals surface area (Å²) in [4.78, 5) is 112. The number of hydrogen-bond donors (Lipinski definition) is 15. The zero-order valence-electron chi connectivity index (χ0n) is 38.4. The smallest absolute Gasteiger partial charge is 0.408 e. The maximum Gasteiger partial charge on any atom is 0.408 e. The molecular formula is C40H60N8O21S. The number of aliphatic hydroxyl groups is 7. The number of primary amides is 1. The van der Waals surface area contributed by atoms with Gasteiger partial charge in [-0.25, -0.2) is 10.1 Å². The van der Waals surface area contributed by atoms with E-state index in [9.17, 15) is 79.2 Å². The van der Waals surface area contributed by atoms with Crippen molar-refractivity contribution in [1.29, 1.82) is 0 Å². The lowest BCUT2D eigenvalue weighted by Crippen LogP contribution is -2.64. The van der Waals surface area contributed by atoms with Gasteiger partial charge in [-0.3, -0.25) is 33.6 Å². The Morgan fingerprint density at radius 2 is 1.50 bits per heavy atom. The SMILES string of the molecule is CC(O)C1NC(=O)[C@@H](NC(=O)OC(C)(C)C)C[C@H](O)CNC(=O)C2[C@@H](O)C(C)CN2C(=O)[C@H]([C@H](O)CC(N)=O)NC(=O)C([C@H](O)[C@@H](O)c2ccc(O)c(OSOOO)c2)NC(=O)C2CC(O)CN2C1=O. The topological polar surface area (TPSA) is 448 Å². The highest BCUT2D eigenvalue weighted by Crippen LogP contribution is 2.34. The Morgan fingerprint density at radius 1 is 0.871 bits per heavy atom. The molecule has 0 aliphatic carbocycles. The number of aliphatic hydroxyl groups excluding tert-OH is 7. The average molecular weight is 1020 g/mol. The highest BCUT2D eigenvalue weighted by molar-refractivity contribution is 7.90. The van der Waals surface area contributed by atoms with Gasteiger partial charge in [0, 0.05) is 38.4 Å². The molecule has 70 heavy (non-hydrogen) atoms. The number of carbonyl (C=O) groups is 8. The van der Waals surface area contributed by atoms with Crippen LogP contribution in [0.4, 0.5) is 4.79 Å². The summed E-state index contributed by atoms with van der Waals surface area (Å²) < 4.78 is 14.4. The molecule has 8 amide bonds. The summed E-state index contributed by atoms with van der Waals surface area (Å²) in [6.07, 6.45) is -17.1. The van der Waals surface area contributed by atoms with Gasteiger partial charge in [-0.2, -0.15) is 0 Å². The van der Waals surface area contributed by atoms with Crippen LogP contribution in [0.15, 0.2) is 18.2 Å². The second-order valence-electron chi connectivity index (χ2n) is 18.0. The zero-order valence-corrected chi connectivity index (χ0v) is 39.2. The number of phenolic OH excluding ortho intramolecular Hbond substituents is 1. The van der Waals surface area contributed by atoms with Gasteiger partial charge in [-0.05, 0) is 45.4 Å². The highest BCUT2D eigenvalue weighted by Gasteiger charge is 2.50. The number of benzene rings is 1. The molecule has 0 spiro atoms. The number of nitrogens with zero attached hydrogens (tertiary/aromatic N) is 2. The first-order valence-electron chi connectivity index (χ1n) is 21.6. The van der Waals surface area contributed by atoms with Crippen LogP contribution in [0.3, 0.4) is 0 Å². The monoisotopic (exact) mass is 1020 g/mol. The fourth-order valence-corrected chi connectivity index (χ4v) is 8.14. The molecule has 30 heteroatoms. The van der Waals surface area contributed by atoms with Crippen LogP contribution in [0.25, 0.3) is 0 Å². The summed E-state index contributed by atoms with van der Waals surface area (Å²) in [6.45, 7) is 5.23. The molecule has 0 saturated carbocycles. The minimum atomic E-state index is -2.51. The Hall–Kier alpha value is -5.67. The summed E-state index contributed by atoms with van der Waals surface area (Å²) in [6, 6.07) is -9.22. The Balaban J connectivity index is 1.87. The second-order valence-corrected chi connectivity index (χ2v) is 18.5. The van der Waals surface area contributed by atoms with Crippen molar-refractivity contribution < 1.29 is 103 Å². The molecule has 0 radical (unpaired) electrons. The molecule has 3 heterocycles. The van der Waals surface area contributed by atoms with Crippen molar-refractivity contribution in [3.63, 3.8) is 0 Å². The van der Waals surface area contributed by atoms with Crippen LogP contribution in [0.5, 0.6) is 11.5 Å². The maximum absolute atomic E-state index is 14.5. The van der Waals surface area contributed by atoms with E-state index >= 15 is 0 Å². The van der Waals surface area contributed by atoms with Crippen LogP contribution in [0.1, 0.15) is 65.5 Å². The van der Waals surface area contributed by atoms with E-state index in [2.05, 4.69) is 36.0 Å². The third-order valence-corrected chi connectivity index (χ3v) is 11.7. The number of β-amino-alcohol motifs (C(OH)–C–C–N with tert-alkyl or cyclic N) is 1. The van der Waals surface area contributed by atoms with Crippen molar-refractivity contribution >= 4 is 59.8 Å². The largest absolute Gasteiger partial charge is 0.504 e. The van der Waals surface area contributed by atoms with E-state index in [0.29, 0.717) is 4.90 Å². The lowest BCUT2D eigenvalue weighted by molar-refractivity contribution is -0.433. The summed E-state index contributed by atoms with van der Waals surface area (Å²) in [5.41, 5.74) is 3.87. The zero-order chi connectivity index (χ0) is 52.5. The van der Waals surface area contributed by atoms with Gasteiger partial charge in [-0.15, -0.1) is 0 Å². The quantitative estimate of drug-likeness (QED) is 0.0401. The van der Waals surface area contributed by atoms with Crippen molar-refractivity contribution in [3.05, 3.63) is 23.8 Å². The van der Waals surface area contributed by atoms with Gasteiger partial charge in [-0.1, -0.05) is 22.4 Å². The molecule has 14 atom stereocenters. The van der Waals surface area contributed by atoms with Gasteiger partial charge >= 0.3 is 6.09 Å². The molecule has 3 aliphatic heterocycles. The molecule has 1 aromatic carbocycles. The Bertz CT molecular complexity index is 2080. The van der Waals surface area contributed by atoms with Gasteiger partial charge in [0.2, 0.25) is 41.4 Å². The van der Waals surface area contributed by atoms with Gasteiger partial charge in [0.1, 0.15) is 54.1 Å². The number of aromatic hydroxyl groups is 1. The Kier molecular flexibility index (Phi) is 19.9. The summed E-state index contributed by atoms with van der Waals surface area (Å²) in [7, 11) is 0. The van der Waals surface area contributed by atoms with Crippen LogP contribution in [0.2, 0.25) is 0 Å². The number of carbonyl (C=O) groups excluding carboxylic acids is 8. The number of amides is 8. The number of ether oxygens (including phenoxy) is 1. The van der Waals surface area contributed by atoms with Crippen molar-refractivity contribution in [2.24, 2.45) is 11.7 Å². The number of nitrogens with one attached hydrogen (secondary N) is 5. The van der Waals surface area contributed by atoms with E-state index in [-0.39, 0.29) is 17.9 Å². The normalized spacial score (nSPS) is 29.4. The summed E-state index contributed by atoms with van der Waals surface area (Å²) in [5, 5.41) is 112. The van der Waals surface area contributed by atoms with Gasteiger partial charge in [0.25, 0.3) is 12.3 Å². The van der Waals surface area contributed by atoms with Crippen molar-refractivity contribution in [1.82, 2.24) is 36.4 Å². The molecule has 3 fully saturated rings. The number of rotatable bonds is 12. The van der Waals surface area contributed by atoms with E-state index in [1.165, 1.54) is 27.7 Å². The van der Waals surface area contributed by atoms with E-state index in [4.69, 9.17) is 19.9 Å². The van der Waals surface area contributed by atoms with Gasteiger partial charge < -0.3 is 91.9 Å². The molecule has 392 valence electrons. The first-order chi connectivity index (χ1) is 32.6. The molecule has 3 saturated heterocycles. The third-order valence-electron chi connectivity index (χ3n) is 11.3. The molecule has 0 bridgehead atoms. The Morgan fingerprint density at radius 3 is 2.11 bits per heavy atom. The number of nitrogens with two attached hydrogens (primary N) is 1. The first-order valence-corrected chi connectivity index (χ1v) is 22.3. The third kappa shape index (κ3) is 14.7. The fraction of sp³-hybridized carbons (Fsp3) is 0.650. The summed E-state index contributed by atoms with van der Waals surface area (Å²) in [5.74, 6) is -11.0. The van der Waals surface area contributed by atoms with Crippen molar-refractivity contribution in [2.45, 2.75) is 138 Å². The molecule has 3 aliphatic rings. The van der Waals surface area contributed by atoms with Crippen LogP contribution < -0.4 is 36.5 Å². The van der Waals surface area contributed by atoms with Crippen LogP contribution in [0, 0.1) is 5.92 Å². The van der Waals surface area contributed by atoms with Crippen LogP contribution in [-0.4, -0.2) is 201 Å². The molecule has 4 rings (SSSR count). The molecule has 1 aromatic rings. The second kappa shape index (κ2) is 24.4. The lowest BCUT2D eigenvalue weighted by Gasteiger charge is -2.34. The van der Waals surface area contributed by atoms with Crippen molar-refractivity contribution in [3.8, 4) is 11.5 Å². The molecule has 16 N–H and O–H groups in total. The predicted molar refractivity (Wildman–Crippen MR) is 233 cm³/mol. The maximum atomic E-state index is 14.5. The van der Waals surface area contributed by atoms with E-state index in [1.54, 1.807) is 0 Å². The van der Waals surface area contributed by atoms with E-state index in [1.807, 2.05) is 0 Å². The molecule has 0 aromatic heterocycles.